The zero-order valence-electron chi connectivity index (χ0n) is 15.0. The van der Waals surface area contributed by atoms with Crippen molar-refractivity contribution in [3.8, 4) is 17.6 Å². The van der Waals surface area contributed by atoms with Gasteiger partial charge in [0.2, 0.25) is 5.91 Å². The second kappa shape index (κ2) is 7.14. The van der Waals surface area contributed by atoms with E-state index in [2.05, 4.69) is 16.7 Å². The first kappa shape index (κ1) is 17.1. The quantitative estimate of drug-likeness (QED) is 0.728. The number of carbonyl (C=O) groups excluding carboxylic acids is 1. The number of anilines is 1. The van der Waals surface area contributed by atoms with Crippen LogP contribution in [0, 0.1) is 11.3 Å². The van der Waals surface area contributed by atoms with Crippen LogP contribution in [-0.4, -0.2) is 23.1 Å². The molecule has 0 bridgehead atoms. The van der Waals surface area contributed by atoms with E-state index in [1.54, 1.807) is 0 Å². The predicted molar refractivity (Wildman–Crippen MR) is 104 cm³/mol. The molecule has 1 aromatic heterocycles. The SMILES string of the molecule is CCn1cc(C#N)c2cc(Oc3ccc(NC(=O)C4CCN4)cc3)ccc21. The highest BCUT2D eigenvalue weighted by Crippen LogP contribution is 2.29. The number of nitrogens with zero attached hydrogens (tertiary/aromatic N) is 2. The molecule has 1 aliphatic rings. The van der Waals surface area contributed by atoms with Crippen LogP contribution in [0.15, 0.2) is 48.7 Å². The average Bonchev–Trinajstić information content (AvgIpc) is 2.99. The molecule has 1 fully saturated rings. The van der Waals surface area contributed by atoms with Gasteiger partial charge in [0.15, 0.2) is 0 Å². The summed E-state index contributed by atoms with van der Waals surface area (Å²) in [6.07, 6.45) is 2.74. The normalized spacial score (nSPS) is 15.8. The average molecular weight is 360 g/mol. The van der Waals surface area contributed by atoms with E-state index in [0.29, 0.717) is 17.1 Å². The molecule has 3 aromatic rings. The number of nitrogens with one attached hydrogen (secondary N) is 2. The number of hydrogen-bond donors (Lipinski definition) is 2. The fourth-order valence-corrected chi connectivity index (χ4v) is 3.17. The smallest absolute Gasteiger partial charge is 0.241 e. The Morgan fingerprint density at radius 3 is 2.67 bits per heavy atom. The van der Waals surface area contributed by atoms with Crippen molar-refractivity contribution in [1.82, 2.24) is 9.88 Å². The molecule has 1 amide bonds. The molecule has 136 valence electrons. The van der Waals surface area contributed by atoms with Crippen LogP contribution in [0.5, 0.6) is 11.5 Å². The van der Waals surface area contributed by atoms with Gasteiger partial charge in [-0.1, -0.05) is 0 Å². The third kappa shape index (κ3) is 3.37. The lowest BCUT2D eigenvalue weighted by molar-refractivity contribution is -0.119. The number of fused-ring (bicyclic) bond motifs is 1. The Hall–Kier alpha value is -3.30. The zero-order chi connectivity index (χ0) is 18.8. The molecule has 1 aliphatic heterocycles. The van der Waals surface area contributed by atoms with Crippen LogP contribution < -0.4 is 15.4 Å². The summed E-state index contributed by atoms with van der Waals surface area (Å²) < 4.78 is 7.97. The molecule has 6 nitrogen and oxygen atoms in total. The molecule has 27 heavy (non-hydrogen) atoms. The van der Waals surface area contributed by atoms with E-state index in [9.17, 15) is 10.1 Å². The maximum Gasteiger partial charge on any atom is 0.241 e. The molecule has 1 saturated heterocycles. The molecule has 2 aromatic carbocycles. The third-order valence-electron chi connectivity index (χ3n) is 4.81. The van der Waals surface area contributed by atoms with Crippen molar-refractivity contribution in [2.75, 3.05) is 11.9 Å². The monoisotopic (exact) mass is 360 g/mol. The Kier molecular flexibility index (Phi) is 4.53. The van der Waals surface area contributed by atoms with Gasteiger partial charge < -0.3 is 19.9 Å². The Balaban J connectivity index is 1.50. The minimum atomic E-state index is -0.0857. The van der Waals surface area contributed by atoms with Gasteiger partial charge in [0.1, 0.15) is 17.6 Å². The first-order valence-corrected chi connectivity index (χ1v) is 9.03. The van der Waals surface area contributed by atoms with Crippen molar-refractivity contribution >= 4 is 22.5 Å². The maximum absolute atomic E-state index is 11.9. The Morgan fingerprint density at radius 1 is 1.30 bits per heavy atom. The van der Waals surface area contributed by atoms with Crippen LogP contribution >= 0.6 is 0 Å². The number of aromatic nitrogens is 1. The van der Waals surface area contributed by atoms with E-state index < -0.39 is 0 Å². The van der Waals surface area contributed by atoms with Crippen molar-refractivity contribution in [2.24, 2.45) is 0 Å². The second-order valence-electron chi connectivity index (χ2n) is 6.53. The van der Waals surface area contributed by atoms with Gasteiger partial charge in [0, 0.05) is 29.3 Å². The molecule has 0 spiro atoms. The van der Waals surface area contributed by atoms with Gasteiger partial charge in [-0.05, 0) is 62.4 Å². The molecular formula is C21H20N4O2. The second-order valence-corrected chi connectivity index (χ2v) is 6.53. The summed E-state index contributed by atoms with van der Waals surface area (Å²) in [5.74, 6) is 1.33. The minimum Gasteiger partial charge on any atom is -0.457 e. The van der Waals surface area contributed by atoms with Crippen LogP contribution in [-0.2, 0) is 11.3 Å². The number of aryl methyl sites for hydroxylation is 1. The first-order valence-electron chi connectivity index (χ1n) is 9.03. The molecule has 6 heteroatoms. The van der Waals surface area contributed by atoms with Crippen molar-refractivity contribution < 1.29 is 9.53 Å². The summed E-state index contributed by atoms with van der Waals surface area (Å²) in [7, 11) is 0. The van der Waals surface area contributed by atoms with Crippen molar-refractivity contribution in [3.63, 3.8) is 0 Å². The van der Waals surface area contributed by atoms with Gasteiger partial charge in [0.05, 0.1) is 11.6 Å². The third-order valence-corrected chi connectivity index (χ3v) is 4.81. The highest BCUT2D eigenvalue weighted by Gasteiger charge is 2.24. The van der Waals surface area contributed by atoms with E-state index in [1.165, 1.54) is 0 Å². The predicted octanol–water partition coefficient (Wildman–Crippen LogP) is 3.63. The Bertz CT molecular complexity index is 1030. The van der Waals surface area contributed by atoms with E-state index in [4.69, 9.17) is 4.74 Å². The van der Waals surface area contributed by atoms with E-state index in [0.717, 1.165) is 36.1 Å². The first-order chi connectivity index (χ1) is 13.2. The largest absolute Gasteiger partial charge is 0.457 e. The summed E-state index contributed by atoms with van der Waals surface area (Å²) in [6, 6.07) is 15.2. The fourth-order valence-electron chi connectivity index (χ4n) is 3.17. The molecule has 2 N–H and O–H groups in total. The maximum atomic E-state index is 11.9. The fraction of sp³-hybridized carbons (Fsp3) is 0.238. The molecule has 0 saturated carbocycles. The molecule has 0 radical (unpaired) electrons. The summed E-state index contributed by atoms with van der Waals surface area (Å²) >= 11 is 0. The Labute approximate surface area is 157 Å². The lowest BCUT2D eigenvalue weighted by Crippen LogP contribution is -2.50. The highest BCUT2D eigenvalue weighted by molar-refractivity contribution is 5.95. The van der Waals surface area contributed by atoms with E-state index in [1.807, 2.05) is 60.2 Å². The molecule has 4 rings (SSSR count). The van der Waals surface area contributed by atoms with Crippen molar-refractivity contribution in [3.05, 3.63) is 54.2 Å². The summed E-state index contributed by atoms with van der Waals surface area (Å²) in [4.78, 5) is 11.9. The van der Waals surface area contributed by atoms with E-state index >= 15 is 0 Å². The van der Waals surface area contributed by atoms with Crippen molar-refractivity contribution in [2.45, 2.75) is 25.9 Å². The van der Waals surface area contributed by atoms with Crippen LogP contribution in [0.3, 0.4) is 0 Å². The lowest BCUT2D eigenvalue weighted by Gasteiger charge is -2.26. The summed E-state index contributed by atoms with van der Waals surface area (Å²) in [5, 5.41) is 16.2. The topological polar surface area (TPSA) is 79.1 Å². The number of benzene rings is 2. The van der Waals surface area contributed by atoms with Crippen LogP contribution in [0.1, 0.15) is 18.9 Å². The Morgan fingerprint density at radius 2 is 2.04 bits per heavy atom. The van der Waals surface area contributed by atoms with Gasteiger partial charge in [-0.25, -0.2) is 0 Å². The number of ether oxygens (including phenoxy) is 1. The molecular weight excluding hydrogens is 340 g/mol. The van der Waals surface area contributed by atoms with Crippen molar-refractivity contribution in [1.29, 1.82) is 5.26 Å². The zero-order valence-corrected chi connectivity index (χ0v) is 15.0. The number of nitriles is 1. The van der Waals surface area contributed by atoms with Crippen LogP contribution in [0.4, 0.5) is 5.69 Å². The van der Waals surface area contributed by atoms with Gasteiger partial charge >= 0.3 is 0 Å². The number of carbonyl (C=O) groups is 1. The molecule has 1 unspecified atom stereocenters. The summed E-state index contributed by atoms with van der Waals surface area (Å²) in [5.41, 5.74) is 2.40. The van der Waals surface area contributed by atoms with Gasteiger partial charge in [0.25, 0.3) is 0 Å². The lowest BCUT2D eigenvalue weighted by atomic mass is 10.1. The summed E-state index contributed by atoms with van der Waals surface area (Å²) in [6.45, 7) is 3.75. The molecule has 0 aliphatic carbocycles. The highest BCUT2D eigenvalue weighted by atomic mass is 16.5. The number of hydrogen-bond acceptors (Lipinski definition) is 4. The number of rotatable bonds is 5. The minimum absolute atomic E-state index is 0.00941. The molecule has 1 atom stereocenters. The van der Waals surface area contributed by atoms with Gasteiger partial charge in [-0.2, -0.15) is 5.26 Å². The van der Waals surface area contributed by atoms with Gasteiger partial charge in [-0.15, -0.1) is 0 Å². The van der Waals surface area contributed by atoms with Crippen LogP contribution in [0.25, 0.3) is 10.9 Å². The standard InChI is InChI=1S/C21H20N4O2/c1-2-25-13-14(12-22)18-11-17(7-8-20(18)25)27-16-5-3-15(4-6-16)24-21(26)19-9-10-23-19/h3-8,11,13,19,23H,2,9-10H2,1H3,(H,24,26). The van der Waals surface area contributed by atoms with E-state index in [-0.39, 0.29) is 11.9 Å². The molecule has 2 heterocycles. The number of amides is 1. The van der Waals surface area contributed by atoms with Crippen LogP contribution in [0.2, 0.25) is 0 Å². The van der Waals surface area contributed by atoms with Gasteiger partial charge in [-0.3, -0.25) is 4.79 Å².